The molecule has 1 aliphatic rings. The van der Waals surface area contributed by atoms with Crippen molar-refractivity contribution in [2.24, 2.45) is 5.92 Å². The summed E-state index contributed by atoms with van der Waals surface area (Å²) in [5, 5.41) is 0. The molecule has 1 aliphatic carbocycles. The topological polar surface area (TPSA) is 17.1 Å². The average molecular weight is 226 g/mol. The molecule has 1 unspecified atom stereocenters. The van der Waals surface area contributed by atoms with Crippen molar-refractivity contribution >= 4 is 5.78 Å². The molecule has 1 nitrogen and oxygen atoms in total. The Morgan fingerprint density at radius 1 is 1.35 bits per heavy atom. The summed E-state index contributed by atoms with van der Waals surface area (Å²) >= 11 is 0. The smallest absolute Gasteiger partial charge is 0.159 e. The molecular weight excluding hydrogens is 208 g/mol. The third-order valence-corrected chi connectivity index (χ3v) is 3.37. The first-order valence-electron chi connectivity index (χ1n) is 6.08. The fourth-order valence-corrected chi connectivity index (χ4v) is 2.20. The van der Waals surface area contributed by atoms with Crippen LogP contribution in [0, 0.1) is 5.92 Å². The number of hydrogen-bond acceptors (Lipinski definition) is 1. The van der Waals surface area contributed by atoms with E-state index in [-0.39, 0.29) is 5.78 Å². The predicted molar refractivity (Wildman–Crippen MR) is 70.8 cm³/mol. The minimum Gasteiger partial charge on any atom is -0.295 e. The molecule has 1 heteroatoms. The lowest BCUT2D eigenvalue weighted by atomic mass is 9.83. The van der Waals surface area contributed by atoms with E-state index in [2.05, 4.69) is 24.8 Å². The SMILES string of the molecule is C=C(C)C1CC=C(Cc2ccccc2)C(=O)C1. The highest BCUT2D eigenvalue weighted by Gasteiger charge is 2.21. The van der Waals surface area contributed by atoms with Crippen molar-refractivity contribution in [3.8, 4) is 0 Å². The Morgan fingerprint density at radius 3 is 2.65 bits per heavy atom. The minimum absolute atomic E-state index is 0.285. The van der Waals surface area contributed by atoms with Crippen molar-refractivity contribution in [2.45, 2.75) is 26.2 Å². The molecule has 0 radical (unpaired) electrons. The van der Waals surface area contributed by atoms with Crippen molar-refractivity contribution in [1.82, 2.24) is 0 Å². The zero-order valence-electron chi connectivity index (χ0n) is 10.3. The van der Waals surface area contributed by atoms with Gasteiger partial charge in [0.05, 0.1) is 0 Å². The van der Waals surface area contributed by atoms with Gasteiger partial charge in [-0.25, -0.2) is 0 Å². The molecule has 0 amide bonds. The standard InChI is InChI=1S/C16H18O/c1-12(2)14-8-9-15(16(17)11-14)10-13-6-4-3-5-7-13/h3-7,9,14H,1,8,10-11H2,2H3. The maximum absolute atomic E-state index is 12.0. The van der Waals surface area contributed by atoms with Gasteiger partial charge in [-0.15, -0.1) is 0 Å². The lowest BCUT2D eigenvalue weighted by molar-refractivity contribution is -0.116. The molecule has 2 rings (SSSR count). The monoisotopic (exact) mass is 226 g/mol. The summed E-state index contributed by atoms with van der Waals surface area (Å²) in [4.78, 5) is 12.0. The number of allylic oxidation sites excluding steroid dienone is 3. The highest BCUT2D eigenvalue weighted by atomic mass is 16.1. The van der Waals surface area contributed by atoms with Crippen LogP contribution >= 0.6 is 0 Å². The number of ketones is 1. The molecule has 0 fully saturated rings. The van der Waals surface area contributed by atoms with E-state index in [9.17, 15) is 4.79 Å². The molecule has 0 aliphatic heterocycles. The Morgan fingerprint density at radius 2 is 2.06 bits per heavy atom. The average Bonchev–Trinajstić information content (AvgIpc) is 2.33. The first kappa shape index (κ1) is 11.8. The second-order valence-corrected chi connectivity index (χ2v) is 4.80. The van der Waals surface area contributed by atoms with Crippen LogP contribution in [0.5, 0.6) is 0 Å². The van der Waals surface area contributed by atoms with Crippen LogP contribution in [0.15, 0.2) is 54.1 Å². The molecule has 1 aromatic carbocycles. The fraction of sp³-hybridized carbons (Fsp3) is 0.312. The Kier molecular flexibility index (Phi) is 3.58. The molecule has 0 N–H and O–H groups in total. The van der Waals surface area contributed by atoms with Crippen molar-refractivity contribution in [1.29, 1.82) is 0 Å². The van der Waals surface area contributed by atoms with E-state index < -0.39 is 0 Å². The molecule has 88 valence electrons. The molecule has 17 heavy (non-hydrogen) atoms. The molecule has 0 saturated heterocycles. The van der Waals surface area contributed by atoms with Gasteiger partial charge in [-0.05, 0) is 30.4 Å². The summed E-state index contributed by atoms with van der Waals surface area (Å²) in [5.41, 5.74) is 3.29. The molecular formula is C16H18O. The number of rotatable bonds is 3. The van der Waals surface area contributed by atoms with Crippen LogP contribution in [0.2, 0.25) is 0 Å². The summed E-state index contributed by atoms with van der Waals surface area (Å²) in [6.07, 6.45) is 4.46. The van der Waals surface area contributed by atoms with Crippen molar-refractivity contribution < 1.29 is 4.79 Å². The van der Waals surface area contributed by atoms with E-state index >= 15 is 0 Å². The predicted octanol–water partition coefficient (Wildman–Crippen LogP) is 3.71. The Bertz CT molecular complexity index is 454. The molecule has 0 saturated carbocycles. The number of benzene rings is 1. The number of hydrogen-bond donors (Lipinski definition) is 0. The highest BCUT2D eigenvalue weighted by Crippen LogP contribution is 2.27. The van der Waals surface area contributed by atoms with Crippen LogP contribution in [-0.4, -0.2) is 5.78 Å². The summed E-state index contributed by atoms with van der Waals surface area (Å²) in [6.45, 7) is 5.95. The largest absolute Gasteiger partial charge is 0.295 e. The molecule has 0 bridgehead atoms. The van der Waals surface area contributed by atoms with Crippen molar-refractivity contribution in [2.75, 3.05) is 0 Å². The van der Waals surface area contributed by atoms with Gasteiger partial charge >= 0.3 is 0 Å². The van der Waals surface area contributed by atoms with Gasteiger partial charge < -0.3 is 0 Å². The molecule has 0 heterocycles. The quantitative estimate of drug-likeness (QED) is 0.718. The van der Waals surface area contributed by atoms with Gasteiger partial charge in [0.2, 0.25) is 0 Å². The third-order valence-electron chi connectivity index (χ3n) is 3.37. The van der Waals surface area contributed by atoms with E-state index in [1.807, 2.05) is 25.1 Å². The summed E-state index contributed by atoms with van der Waals surface area (Å²) in [6, 6.07) is 10.2. The van der Waals surface area contributed by atoms with Gasteiger partial charge in [0, 0.05) is 12.8 Å². The third kappa shape index (κ3) is 2.94. The Hall–Kier alpha value is -1.63. The zero-order valence-corrected chi connectivity index (χ0v) is 10.3. The maximum Gasteiger partial charge on any atom is 0.159 e. The van der Waals surface area contributed by atoms with Crippen LogP contribution in [0.25, 0.3) is 0 Å². The number of Topliss-reactive ketones (excluding diaryl/α,β-unsaturated/α-hetero) is 1. The molecule has 0 aromatic heterocycles. The minimum atomic E-state index is 0.285. The van der Waals surface area contributed by atoms with E-state index in [0.29, 0.717) is 12.3 Å². The fourth-order valence-electron chi connectivity index (χ4n) is 2.20. The first-order chi connectivity index (χ1) is 8.16. The van der Waals surface area contributed by atoms with Gasteiger partial charge in [0.1, 0.15) is 0 Å². The lowest BCUT2D eigenvalue weighted by Gasteiger charge is -2.21. The Balaban J connectivity index is 2.08. The van der Waals surface area contributed by atoms with Crippen molar-refractivity contribution in [3.63, 3.8) is 0 Å². The van der Waals surface area contributed by atoms with Crippen LogP contribution < -0.4 is 0 Å². The van der Waals surface area contributed by atoms with Gasteiger partial charge in [-0.2, -0.15) is 0 Å². The number of carbonyl (C=O) groups is 1. The van der Waals surface area contributed by atoms with E-state index in [1.165, 1.54) is 5.56 Å². The van der Waals surface area contributed by atoms with E-state index in [4.69, 9.17) is 0 Å². The van der Waals surface area contributed by atoms with Gasteiger partial charge in [0.15, 0.2) is 5.78 Å². The van der Waals surface area contributed by atoms with E-state index in [1.54, 1.807) is 0 Å². The van der Waals surface area contributed by atoms with Crippen LogP contribution in [-0.2, 0) is 11.2 Å². The van der Waals surface area contributed by atoms with Crippen LogP contribution in [0.1, 0.15) is 25.3 Å². The lowest BCUT2D eigenvalue weighted by Crippen LogP contribution is -2.17. The van der Waals surface area contributed by atoms with Crippen molar-refractivity contribution in [3.05, 3.63) is 59.7 Å². The molecule has 1 atom stereocenters. The Labute approximate surface area is 103 Å². The summed E-state index contributed by atoms with van der Waals surface area (Å²) in [5.74, 6) is 0.634. The van der Waals surface area contributed by atoms with Gasteiger partial charge in [0.25, 0.3) is 0 Å². The van der Waals surface area contributed by atoms with Gasteiger partial charge in [-0.3, -0.25) is 4.79 Å². The second kappa shape index (κ2) is 5.13. The normalized spacial score (nSPS) is 19.9. The summed E-state index contributed by atoms with van der Waals surface area (Å²) < 4.78 is 0. The zero-order chi connectivity index (χ0) is 12.3. The molecule has 0 spiro atoms. The maximum atomic E-state index is 12.0. The highest BCUT2D eigenvalue weighted by molar-refractivity contribution is 5.96. The molecule has 1 aromatic rings. The van der Waals surface area contributed by atoms with Gasteiger partial charge in [-0.1, -0.05) is 48.6 Å². The van der Waals surface area contributed by atoms with Crippen LogP contribution in [0.3, 0.4) is 0 Å². The van der Waals surface area contributed by atoms with E-state index in [0.717, 1.165) is 24.0 Å². The number of carbonyl (C=O) groups excluding carboxylic acids is 1. The first-order valence-corrected chi connectivity index (χ1v) is 6.08. The second-order valence-electron chi connectivity index (χ2n) is 4.80. The summed E-state index contributed by atoms with van der Waals surface area (Å²) in [7, 11) is 0. The van der Waals surface area contributed by atoms with Crippen LogP contribution in [0.4, 0.5) is 0 Å².